The van der Waals surface area contributed by atoms with Gasteiger partial charge in [0.25, 0.3) is 0 Å². The number of anilines is 1. The van der Waals surface area contributed by atoms with E-state index in [2.05, 4.69) is 16.8 Å². The number of halogens is 1. The van der Waals surface area contributed by atoms with Crippen LogP contribution in [0.4, 0.5) is 5.69 Å². The molecular formula is C8H4ClN3. The van der Waals surface area contributed by atoms with E-state index in [4.69, 9.17) is 22.6 Å². The van der Waals surface area contributed by atoms with E-state index >= 15 is 0 Å². The summed E-state index contributed by atoms with van der Waals surface area (Å²) in [7, 11) is 0. The summed E-state index contributed by atoms with van der Waals surface area (Å²) >= 11 is 5.65. The van der Waals surface area contributed by atoms with Crippen LogP contribution in [-0.2, 0) is 0 Å². The molecule has 0 bridgehead atoms. The Morgan fingerprint density at radius 1 is 1.58 bits per heavy atom. The van der Waals surface area contributed by atoms with Gasteiger partial charge in [-0.1, -0.05) is 11.6 Å². The van der Waals surface area contributed by atoms with Crippen LogP contribution in [0.5, 0.6) is 0 Å². The molecule has 0 aliphatic rings. The Morgan fingerprint density at radius 3 is 3.00 bits per heavy atom. The molecule has 2 N–H and O–H groups in total. The van der Waals surface area contributed by atoms with Crippen molar-refractivity contribution < 1.29 is 0 Å². The molecule has 0 radical (unpaired) electrons. The molecule has 3 nitrogen and oxygen atoms in total. The smallest absolute Gasteiger partial charge is 0.152 e. The van der Waals surface area contributed by atoms with Gasteiger partial charge in [-0.2, -0.15) is 5.26 Å². The lowest BCUT2D eigenvalue weighted by atomic mass is 10.3. The zero-order valence-corrected chi connectivity index (χ0v) is 6.76. The molecule has 12 heavy (non-hydrogen) atoms. The van der Waals surface area contributed by atoms with Crippen molar-refractivity contribution in [2.24, 2.45) is 0 Å². The third-order valence-corrected chi connectivity index (χ3v) is 1.41. The molecule has 0 aliphatic carbocycles. The quantitative estimate of drug-likeness (QED) is 0.478. The first-order chi connectivity index (χ1) is 5.74. The van der Waals surface area contributed by atoms with Crippen LogP contribution in [0, 0.1) is 23.2 Å². The van der Waals surface area contributed by atoms with Gasteiger partial charge in [0.2, 0.25) is 0 Å². The number of nitrogens with two attached hydrogens (primary N) is 1. The maximum absolute atomic E-state index is 8.17. The largest absolute Gasteiger partial charge is 0.397 e. The van der Waals surface area contributed by atoms with Crippen molar-refractivity contribution in [2.45, 2.75) is 0 Å². The maximum Gasteiger partial charge on any atom is 0.152 e. The standard InChI is InChI=1S/C8H4ClN3/c9-8-6(2-1-3-10)4-7(11)5-12-8/h4-5H,11H2. The molecule has 0 aromatic carbocycles. The van der Waals surface area contributed by atoms with Crippen LogP contribution in [0.1, 0.15) is 5.56 Å². The topological polar surface area (TPSA) is 62.7 Å². The van der Waals surface area contributed by atoms with Gasteiger partial charge in [-0.05, 0) is 12.0 Å². The molecular weight excluding hydrogens is 174 g/mol. The van der Waals surface area contributed by atoms with Crippen LogP contribution in [0.25, 0.3) is 0 Å². The summed E-state index contributed by atoms with van der Waals surface area (Å²) in [6.07, 6.45) is 1.43. The molecule has 1 heterocycles. The van der Waals surface area contributed by atoms with Crippen molar-refractivity contribution in [2.75, 3.05) is 5.73 Å². The van der Waals surface area contributed by atoms with Gasteiger partial charge >= 0.3 is 0 Å². The van der Waals surface area contributed by atoms with Gasteiger partial charge in [0, 0.05) is 5.92 Å². The lowest BCUT2D eigenvalue weighted by Gasteiger charge is -1.95. The highest BCUT2D eigenvalue weighted by Gasteiger charge is 1.97. The number of hydrogen-bond donors (Lipinski definition) is 1. The number of nitrogens with zero attached hydrogens (tertiary/aromatic N) is 2. The van der Waals surface area contributed by atoms with Crippen LogP contribution in [0.3, 0.4) is 0 Å². The Labute approximate surface area is 74.8 Å². The summed E-state index contributed by atoms with van der Waals surface area (Å²) in [6, 6.07) is 3.24. The minimum absolute atomic E-state index is 0.256. The zero-order chi connectivity index (χ0) is 8.97. The predicted molar refractivity (Wildman–Crippen MR) is 46.2 cm³/mol. The normalized spacial score (nSPS) is 8.00. The molecule has 0 aliphatic heterocycles. The van der Waals surface area contributed by atoms with Gasteiger partial charge in [-0.3, -0.25) is 0 Å². The Balaban J connectivity index is 3.16. The first-order valence-electron chi connectivity index (χ1n) is 3.05. The number of hydrogen-bond acceptors (Lipinski definition) is 3. The summed E-state index contributed by atoms with van der Waals surface area (Å²) in [5.41, 5.74) is 6.37. The average Bonchev–Trinajstić information content (AvgIpc) is 2.07. The highest BCUT2D eigenvalue weighted by atomic mass is 35.5. The minimum atomic E-state index is 0.256. The molecule has 1 aromatic heterocycles. The monoisotopic (exact) mass is 177 g/mol. The summed E-state index contributed by atoms with van der Waals surface area (Å²) in [5.74, 6) is 4.73. The molecule has 1 aromatic rings. The van der Waals surface area contributed by atoms with E-state index in [0.717, 1.165) is 0 Å². The molecule has 0 unspecified atom stereocenters. The van der Waals surface area contributed by atoms with Crippen molar-refractivity contribution in [1.82, 2.24) is 4.98 Å². The third-order valence-electron chi connectivity index (χ3n) is 1.11. The van der Waals surface area contributed by atoms with E-state index in [1.54, 1.807) is 12.1 Å². The van der Waals surface area contributed by atoms with Gasteiger partial charge in [0.05, 0.1) is 17.4 Å². The Morgan fingerprint density at radius 2 is 2.33 bits per heavy atom. The van der Waals surface area contributed by atoms with E-state index in [1.807, 2.05) is 0 Å². The summed E-state index contributed by atoms with van der Waals surface area (Å²) < 4.78 is 0. The zero-order valence-electron chi connectivity index (χ0n) is 6.00. The maximum atomic E-state index is 8.17. The number of pyridine rings is 1. The van der Waals surface area contributed by atoms with Crippen LogP contribution in [0.2, 0.25) is 5.15 Å². The van der Waals surface area contributed by atoms with E-state index in [9.17, 15) is 0 Å². The molecule has 58 valence electrons. The van der Waals surface area contributed by atoms with Crippen LogP contribution in [-0.4, -0.2) is 4.98 Å². The van der Waals surface area contributed by atoms with Gasteiger partial charge in [0.15, 0.2) is 6.07 Å². The highest BCUT2D eigenvalue weighted by molar-refractivity contribution is 6.30. The summed E-state index contributed by atoms with van der Waals surface area (Å²) in [6.45, 7) is 0. The van der Waals surface area contributed by atoms with Crippen molar-refractivity contribution in [3.05, 3.63) is 23.0 Å². The molecule has 0 atom stereocenters. The lowest BCUT2D eigenvalue weighted by molar-refractivity contribution is 1.32. The number of aromatic nitrogens is 1. The van der Waals surface area contributed by atoms with E-state index in [1.165, 1.54) is 6.20 Å². The second-order valence-electron chi connectivity index (χ2n) is 1.97. The second-order valence-corrected chi connectivity index (χ2v) is 2.33. The Kier molecular flexibility index (Phi) is 2.53. The molecule has 1 rings (SSSR count). The van der Waals surface area contributed by atoms with Crippen molar-refractivity contribution in [1.29, 1.82) is 5.26 Å². The van der Waals surface area contributed by atoms with Crippen molar-refractivity contribution in [3.63, 3.8) is 0 Å². The molecule has 0 saturated heterocycles. The van der Waals surface area contributed by atoms with E-state index in [0.29, 0.717) is 11.3 Å². The SMILES string of the molecule is N#CC#Cc1cc(N)cnc1Cl. The fourth-order valence-corrected chi connectivity index (χ4v) is 0.798. The van der Waals surface area contributed by atoms with Gasteiger partial charge < -0.3 is 5.73 Å². The van der Waals surface area contributed by atoms with Gasteiger partial charge in [-0.25, -0.2) is 4.98 Å². The molecule has 0 fully saturated rings. The fourth-order valence-electron chi connectivity index (χ4n) is 0.647. The van der Waals surface area contributed by atoms with E-state index in [-0.39, 0.29) is 5.15 Å². The third kappa shape index (κ3) is 1.88. The predicted octanol–water partition coefficient (Wildman–Crippen LogP) is 1.19. The summed E-state index contributed by atoms with van der Waals surface area (Å²) in [4.78, 5) is 3.76. The highest BCUT2D eigenvalue weighted by Crippen LogP contribution is 2.13. The first kappa shape index (κ1) is 8.39. The van der Waals surface area contributed by atoms with Crippen molar-refractivity contribution in [3.8, 4) is 17.9 Å². The number of nitrogen functional groups attached to an aromatic ring is 1. The lowest BCUT2D eigenvalue weighted by Crippen LogP contribution is -1.89. The Hall–Kier alpha value is -1.71. The second kappa shape index (κ2) is 3.61. The molecule has 0 amide bonds. The first-order valence-corrected chi connectivity index (χ1v) is 3.43. The minimum Gasteiger partial charge on any atom is -0.397 e. The van der Waals surface area contributed by atoms with E-state index < -0.39 is 0 Å². The average molecular weight is 178 g/mol. The molecule has 0 saturated carbocycles. The van der Waals surface area contributed by atoms with Crippen LogP contribution < -0.4 is 5.73 Å². The van der Waals surface area contributed by atoms with Crippen LogP contribution >= 0.6 is 11.6 Å². The number of nitriles is 1. The van der Waals surface area contributed by atoms with Gasteiger partial charge in [-0.15, -0.1) is 0 Å². The molecule has 4 heteroatoms. The molecule has 0 spiro atoms. The van der Waals surface area contributed by atoms with Crippen LogP contribution in [0.15, 0.2) is 12.3 Å². The number of rotatable bonds is 0. The fraction of sp³-hybridized carbons (Fsp3) is 0. The Bertz CT molecular complexity index is 395. The summed E-state index contributed by atoms with van der Waals surface area (Å²) in [5, 5.41) is 8.43. The van der Waals surface area contributed by atoms with Gasteiger partial charge in [0.1, 0.15) is 5.15 Å². The van der Waals surface area contributed by atoms with Crippen molar-refractivity contribution >= 4 is 17.3 Å².